The van der Waals surface area contributed by atoms with Crippen LogP contribution in [-0.4, -0.2) is 15.2 Å². The Hall–Kier alpha value is -1.71. The highest BCUT2D eigenvalue weighted by molar-refractivity contribution is 5.48. The van der Waals surface area contributed by atoms with Crippen LogP contribution in [0.4, 0.5) is 0 Å². The average molecular weight is 423 g/mol. The van der Waals surface area contributed by atoms with Crippen molar-refractivity contribution < 1.29 is 10.2 Å². The van der Waals surface area contributed by atoms with Gasteiger partial charge < -0.3 is 10.2 Å². The molecule has 0 spiro atoms. The lowest BCUT2D eigenvalue weighted by Crippen LogP contribution is -2.29. The van der Waals surface area contributed by atoms with Crippen LogP contribution >= 0.6 is 0 Å². The fourth-order valence-electron chi connectivity index (χ4n) is 5.78. The summed E-state index contributed by atoms with van der Waals surface area (Å²) in [6, 6.07) is 8.43. The summed E-state index contributed by atoms with van der Waals surface area (Å²) in [4.78, 5) is 5.23. The van der Waals surface area contributed by atoms with Crippen LogP contribution in [0.25, 0.3) is 0 Å². The lowest BCUT2D eigenvalue weighted by Gasteiger charge is -2.35. The van der Waals surface area contributed by atoms with E-state index in [1.807, 2.05) is 0 Å². The molecule has 2 aromatic rings. The molecule has 0 amide bonds. The van der Waals surface area contributed by atoms with Gasteiger partial charge >= 0.3 is 0 Å². The van der Waals surface area contributed by atoms with Gasteiger partial charge in [0.1, 0.15) is 6.10 Å². The molecule has 0 saturated heterocycles. The lowest BCUT2D eigenvalue weighted by atomic mass is 9.72. The normalized spacial score (nSPS) is 22.4. The minimum Gasteiger partial charge on any atom is -0.440 e. The van der Waals surface area contributed by atoms with Crippen LogP contribution in [0.15, 0.2) is 24.3 Å². The van der Waals surface area contributed by atoms with Crippen LogP contribution in [0.2, 0.25) is 0 Å². The molecule has 3 heteroatoms. The molecule has 0 aliphatic heterocycles. The topological polar surface area (TPSA) is 56.0 Å². The van der Waals surface area contributed by atoms with E-state index < -0.39 is 6.10 Å². The van der Waals surface area contributed by atoms with Gasteiger partial charge in [-0.25, -0.2) is 0 Å². The molecule has 0 radical (unpaired) electrons. The number of aliphatic hydroxyl groups is 1. The molecule has 1 unspecified atom stereocenters. The van der Waals surface area contributed by atoms with Gasteiger partial charge in [0.05, 0.1) is 17.0 Å². The molecule has 1 aromatic heterocycles. The van der Waals surface area contributed by atoms with Gasteiger partial charge in [-0.05, 0) is 53.7 Å². The molecule has 2 aliphatic rings. The van der Waals surface area contributed by atoms with Gasteiger partial charge in [-0.3, -0.25) is 4.98 Å². The quantitative estimate of drug-likeness (QED) is 0.602. The number of benzene rings is 1. The first kappa shape index (κ1) is 22.5. The predicted molar refractivity (Wildman–Crippen MR) is 128 cm³/mol. The van der Waals surface area contributed by atoms with Crippen molar-refractivity contribution in [3.8, 4) is 0 Å². The number of nitrogens with zero attached hydrogens (tertiary/aromatic N) is 1. The zero-order valence-electron chi connectivity index (χ0n) is 20.2. The van der Waals surface area contributed by atoms with Crippen LogP contribution in [0.1, 0.15) is 124 Å². The number of hydrogen-bond acceptors (Lipinski definition) is 2. The number of rotatable bonds is 3. The smallest absolute Gasteiger partial charge is 0.182 e. The molecular weight excluding hydrogens is 382 g/mol. The van der Waals surface area contributed by atoms with Gasteiger partial charge in [-0.1, -0.05) is 71.7 Å². The Balaban J connectivity index is 1.83. The van der Waals surface area contributed by atoms with Crippen molar-refractivity contribution in [3.05, 3.63) is 63.5 Å². The minimum atomic E-state index is -0.690. The third-order valence-electron chi connectivity index (χ3n) is 7.51. The Morgan fingerprint density at radius 2 is 1.71 bits per heavy atom. The van der Waals surface area contributed by atoms with Crippen molar-refractivity contribution >= 4 is 0 Å². The molecule has 2 aliphatic carbocycles. The standard InChI is InChI=1S/C28H39NO2/c1-17-23-21(15-28(5,6)16-22(23)30)29-25(18-9-7-8-10-18)24(17)26(31)19-11-13-20(14-12-19)27(2,3)4/h11-14,18,22,26,30-31H,7-10,15-16H2,1-6H3/p+1/t22-,26?/m0/s1. The van der Waals surface area contributed by atoms with E-state index in [9.17, 15) is 5.11 Å². The van der Waals surface area contributed by atoms with E-state index in [4.69, 9.17) is 10.1 Å². The molecule has 0 bridgehead atoms. The fraction of sp³-hybridized carbons (Fsp3) is 0.607. The highest BCUT2D eigenvalue weighted by atomic mass is 16.3. The maximum absolute atomic E-state index is 11.6. The van der Waals surface area contributed by atoms with Crippen LogP contribution in [0.3, 0.4) is 0 Å². The Labute approximate surface area is 187 Å². The van der Waals surface area contributed by atoms with E-state index in [0.717, 1.165) is 59.3 Å². The molecule has 1 heterocycles. The molecule has 1 saturated carbocycles. The Morgan fingerprint density at radius 1 is 1.10 bits per heavy atom. The number of fused-ring (bicyclic) bond motifs is 1. The van der Waals surface area contributed by atoms with Gasteiger partial charge in [0, 0.05) is 17.9 Å². The maximum Gasteiger partial charge on any atom is 0.182 e. The summed E-state index contributed by atoms with van der Waals surface area (Å²) in [6.07, 6.45) is 5.61. The van der Waals surface area contributed by atoms with Crippen molar-refractivity contribution in [2.45, 2.75) is 104 Å². The molecule has 2 atom stereocenters. The number of pyridine rings is 1. The van der Waals surface area contributed by atoms with E-state index in [2.05, 4.69) is 65.8 Å². The van der Waals surface area contributed by atoms with E-state index >= 15 is 0 Å². The zero-order chi connectivity index (χ0) is 22.6. The maximum atomic E-state index is 11.6. The lowest BCUT2D eigenvalue weighted by molar-refractivity contribution is 0.0968. The molecule has 4 rings (SSSR count). The Morgan fingerprint density at radius 3 is 2.29 bits per heavy atom. The summed E-state index contributed by atoms with van der Waals surface area (Å²) < 4.78 is 0. The molecule has 3 nitrogen and oxygen atoms in total. The van der Waals surface area contributed by atoms with Crippen molar-refractivity contribution in [2.75, 3.05) is 0 Å². The summed E-state index contributed by atoms with van der Waals surface area (Å²) in [6.45, 7) is 13.3. The second kappa shape index (κ2) is 8.01. The van der Waals surface area contributed by atoms with Crippen molar-refractivity contribution in [1.82, 2.24) is 4.98 Å². The van der Waals surface area contributed by atoms with E-state index in [1.54, 1.807) is 0 Å². The minimum absolute atomic E-state index is 0.0903. The number of hydrogen-bond donors (Lipinski definition) is 1. The summed E-state index contributed by atoms with van der Waals surface area (Å²) in [5.41, 5.74) is 7.76. The summed E-state index contributed by atoms with van der Waals surface area (Å²) in [5, 5.41) is 20.4. The summed E-state index contributed by atoms with van der Waals surface area (Å²) >= 11 is 0. The molecule has 168 valence electrons. The van der Waals surface area contributed by atoms with E-state index in [-0.39, 0.29) is 16.9 Å². The second-order valence-corrected chi connectivity index (χ2v) is 11.7. The van der Waals surface area contributed by atoms with Gasteiger partial charge in [0.15, 0.2) is 6.10 Å². The molecule has 31 heavy (non-hydrogen) atoms. The van der Waals surface area contributed by atoms with Crippen LogP contribution in [0.5, 0.6) is 0 Å². The van der Waals surface area contributed by atoms with Crippen LogP contribution in [0, 0.1) is 12.3 Å². The van der Waals surface area contributed by atoms with Crippen molar-refractivity contribution in [2.24, 2.45) is 5.41 Å². The number of aromatic nitrogens is 1. The monoisotopic (exact) mass is 422 g/mol. The molecule has 1 fully saturated rings. The first-order valence-electron chi connectivity index (χ1n) is 12.0. The summed E-state index contributed by atoms with van der Waals surface area (Å²) in [7, 11) is 0. The van der Waals surface area contributed by atoms with E-state index in [0.29, 0.717) is 5.92 Å². The zero-order valence-corrected chi connectivity index (χ0v) is 20.2. The predicted octanol–water partition coefficient (Wildman–Crippen LogP) is 6.16. The highest BCUT2D eigenvalue weighted by Crippen LogP contribution is 2.46. The third kappa shape index (κ3) is 4.32. The van der Waals surface area contributed by atoms with Crippen molar-refractivity contribution in [1.29, 1.82) is 0 Å². The SMILES string of the molecule is Cc1c(C(O)c2ccc(C(C)(C)C)cc2)c(C2CCCC2)nc2c1[C@@H]([OH2+])CC(C)(C)C2. The fourth-order valence-corrected chi connectivity index (χ4v) is 5.78. The highest BCUT2D eigenvalue weighted by Gasteiger charge is 2.39. The Kier molecular flexibility index (Phi) is 5.81. The van der Waals surface area contributed by atoms with Gasteiger partial charge in [-0.2, -0.15) is 0 Å². The van der Waals surface area contributed by atoms with Crippen LogP contribution < -0.4 is 0 Å². The van der Waals surface area contributed by atoms with Crippen molar-refractivity contribution in [3.63, 3.8) is 0 Å². The van der Waals surface area contributed by atoms with E-state index in [1.165, 1.54) is 18.4 Å². The molecular formula is C28H40NO2+. The van der Waals surface area contributed by atoms with Crippen LogP contribution in [-0.2, 0) is 11.8 Å². The molecule has 1 aromatic carbocycles. The van der Waals surface area contributed by atoms with Gasteiger partial charge in [0.25, 0.3) is 0 Å². The van der Waals surface area contributed by atoms with Gasteiger partial charge in [-0.15, -0.1) is 0 Å². The largest absolute Gasteiger partial charge is 0.440 e. The molecule has 3 N–H and O–H groups in total. The second-order valence-electron chi connectivity index (χ2n) is 11.7. The Bertz CT molecular complexity index is 946. The average Bonchev–Trinajstić information content (AvgIpc) is 3.20. The number of aliphatic hydroxyl groups excluding tert-OH is 1. The first-order chi connectivity index (χ1) is 14.5. The third-order valence-corrected chi connectivity index (χ3v) is 7.51. The first-order valence-corrected chi connectivity index (χ1v) is 12.0. The summed E-state index contributed by atoms with van der Waals surface area (Å²) in [5.74, 6) is 0.428. The van der Waals surface area contributed by atoms with Gasteiger partial charge in [0.2, 0.25) is 0 Å².